The Balaban J connectivity index is 1.83. The molecule has 0 aliphatic carbocycles. The number of ether oxygens (including phenoxy) is 1. The van der Waals surface area contributed by atoms with E-state index in [1.165, 1.54) is 0 Å². The number of amides is 1. The molecule has 1 atom stereocenters. The van der Waals surface area contributed by atoms with Crippen molar-refractivity contribution in [1.29, 1.82) is 0 Å². The summed E-state index contributed by atoms with van der Waals surface area (Å²) < 4.78 is 7.55. The highest BCUT2D eigenvalue weighted by Crippen LogP contribution is 2.38. The van der Waals surface area contributed by atoms with Crippen LogP contribution in [0.25, 0.3) is 11.4 Å². The fraction of sp³-hybridized carbons (Fsp3) is 0.381. The van der Waals surface area contributed by atoms with Crippen LogP contribution in [0.2, 0.25) is 0 Å². The van der Waals surface area contributed by atoms with Gasteiger partial charge in [0.15, 0.2) is 11.9 Å². The zero-order valence-corrected chi connectivity index (χ0v) is 17.1. The number of aromatic nitrogens is 4. The lowest BCUT2D eigenvalue weighted by Gasteiger charge is -2.36. The van der Waals surface area contributed by atoms with Gasteiger partial charge in [0, 0.05) is 37.1 Å². The Hall–Kier alpha value is -3.29. The molecule has 1 aliphatic heterocycles. The first-order valence-electron chi connectivity index (χ1n) is 9.86. The van der Waals surface area contributed by atoms with Crippen LogP contribution in [-0.4, -0.2) is 38.8 Å². The monoisotopic (exact) mass is 393 g/mol. The molecule has 0 saturated heterocycles. The van der Waals surface area contributed by atoms with Crippen molar-refractivity contribution in [3.05, 3.63) is 47.5 Å². The number of rotatable bonds is 6. The Morgan fingerprint density at radius 3 is 2.79 bits per heavy atom. The largest absolute Gasteiger partial charge is 0.493 e. The van der Waals surface area contributed by atoms with Crippen LogP contribution >= 0.6 is 0 Å². The van der Waals surface area contributed by atoms with E-state index < -0.39 is 6.17 Å². The molecule has 1 radical (unpaired) electrons. The molecule has 8 heteroatoms. The molecular weight excluding hydrogens is 368 g/mol. The first-order valence-corrected chi connectivity index (χ1v) is 9.86. The van der Waals surface area contributed by atoms with Gasteiger partial charge in [0.2, 0.25) is 0 Å². The van der Waals surface area contributed by atoms with Crippen molar-refractivity contribution in [2.45, 2.75) is 33.4 Å². The van der Waals surface area contributed by atoms with Crippen LogP contribution in [0.4, 0.5) is 5.69 Å². The predicted octanol–water partition coefficient (Wildman–Crippen LogP) is 3.19. The molecule has 2 aromatic heterocycles. The topological polar surface area (TPSA) is 90.1 Å². The molecule has 8 nitrogen and oxygen atoms in total. The summed E-state index contributed by atoms with van der Waals surface area (Å²) in [6, 6.07) is 5.90. The van der Waals surface area contributed by atoms with Crippen LogP contribution in [0, 0.1) is 6.92 Å². The Morgan fingerprint density at radius 1 is 1.28 bits per heavy atom. The molecule has 1 amide bonds. The third-order valence-electron chi connectivity index (χ3n) is 4.89. The van der Waals surface area contributed by atoms with E-state index in [0.29, 0.717) is 12.3 Å². The number of fused-ring (bicyclic) bond motifs is 1. The van der Waals surface area contributed by atoms with E-state index in [0.717, 1.165) is 47.0 Å². The zero-order chi connectivity index (χ0) is 20.5. The van der Waals surface area contributed by atoms with Crippen LogP contribution in [-0.2, 0) is 7.05 Å². The fourth-order valence-electron chi connectivity index (χ4n) is 3.68. The molecule has 0 spiro atoms. The minimum absolute atomic E-state index is 0.306. The number of benzene rings is 1. The third-order valence-corrected chi connectivity index (χ3v) is 4.89. The maximum atomic E-state index is 12.7. The molecule has 0 fully saturated rings. The zero-order valence-electron chi connectivity index (χ0n) is 17.1. The van der Waals surface area contributed by atoms with E-state index in [1.807, 2.05) is 51.5 Å². The number of imidazole rings is 1. The standard InChI is InChI=1S/C21H25N6O2/c1-5-9-27-16-12-26(4)25-18(16)21(28)24-20(27)15-10-14(7-8-17(15)29-6-2)19-22-11-13(3)23-19/h7-8,10-12,20H,5-6,9H2,1-4H3,(H,22,23). The molecule has 1 aromatic carbocycles. The van der Waals surface area contributed by atoms with E-state index in [9.17, 15) is 4.79 Å². The number of nitrogens with one attached hydrogen (secondary N) is 1. The van der Waals surface area contributed by atoms with Crippen LogP contribution in [0.5, 0.6) is 5.75 Å². The smallest absolute Gasteiger partial charge is 0.297 e. The van der Waals surface area contributed by atoms with Gasteiger partial charge in [0.05, 0.1) is 18.0 Å². The fourth-order valence-corrected chi connectivity index (χ4v) is 3.68. The number of hydrogen-bond acceptors (Lipinski definition) is 5. The number of hydrogen-bond donors (Lipinski definition) is 1. The Morgan fingerprint density at radius 2 is 2.10 bits per heavy atom. The Labute approximate surface area is 169 Å². The van der Waals surface area contributed by atoms with Gasteiger partial charge in [-0.25, -0.2) is 10.3 Å². The molecule has 4 rings (SSSR count). The molecule has 0 bridgehead atoms. The molecule has 0 saturated carbocycles. The summed E-state index contributed by atoms with van der Waals surface area (Å²) in [6.07, 6.45) is 4.18. The molecule has 151 valence electrons. The van der Waals surface area contributed by atoms with Crippen molar-refractivity contribution < 1.29 is 9.53 Å². The molecule has 1 N–H and O–H groups in total. The second-order valence-electron chi connectivity index (χ2n) is 7.11. The van der Waals surface area contributed by atoms with Gasteiger partial charge in [0.1, 0.15) is 11.6 Å². The summed E-state index contributed by atoms with van der Waals surface area (Å²) in [6.45, 7) is 7.26. The van der Waals surface area contributed by atoms with E-state index in [1.54, 1.807) is 4.68 Å². The van der Waals surface area contributed by atoms with Crippen molar-refractivity contribution in [2.75, 3.05) is 18.1 Å². The summed E-state index contributed by atoms with van der Waals surface area (Å²) in [7, 11) is 1.82. The van der Waals surface area contributed by atoms with Gasteiger partial charge in [0.25, 0.3) is 5.91 Å². The lowest BCUT2D eigenvalue weighted by Crippen LogP contribution is -2.43. The summed E-state index contributed by atoms with van der Waals surface area (Å²) >= 11 is 0. The number of nitrogens with zero attached hydrogens (tertiary/aromatic N) is 5. The Kier molecular flexibility index (Phi) is 5.00. The van der Waals surface area contributed by atoms with Crippen molar-refractivity contribution in [3.63, 3.8) is 0 Å². The number of carbonyl (C=O) groups is 1. The highest BCUT2D eigenvalue weighted by Gasteiger charge is 2.37. The molecule has 1 unspecified atom stereocenters. The van der Waals surface area contributed by atoms with E-state index in [2.05, 4.69) is 32.2 Å². The number of aromatic amines is 1. The average Bonchev–Trinajstić information content (AvgIpc) is 3.30. The van der Waals surface area contributed by atoms with Crippen molar-refractivity contribution >= 4 is 11.6 Å². The maximum absolute atomic E-state index is 12.7. The summed E-state index contributed by atoms with van der Waals surface area (Å²) in [5.41, 5.74) is 3.89. The minimum atomic E-state index is -0.475. The maximum Gasteiger partial charge on any atom is 0.297 e. The second-order valence-corrected chi connectivity index (χ2v) is 7.11. The van der Waals surface area contributed by atoms with Gasteiger partial charge < -0.3 is 14.6 Å². The quantitative estimate of drug-likeness (QED) is 0.695. The average molecular weight is 393 g/mol. The summed E-state index contributed by atoms with van der Waals surface area (Å²) in [5.74, 6) is 1.19. The lowest BCUT2D eigenvalue weighted by molar-refractivity contribution is 0.0914. The molecule has 3 aromatic rings. The number of H-pyrrole nitrogens is 1. The molecule has 1 aliphatic rings. The van der Waals surface area contributed by atoms with Crippen LogP contribution in [0.3, 0.4) is 0 Å². The van der Waals surface area contributed by atoms with Crippen LogP contribution in [0.15, 0.2) is 30.6 Å². The minimum Gasteiger partial charge on any atom is -0.493 e. The highest BCUT2D eigenvalue weighted by atomic mass is 16.5. The predicted molar refractivity (Wildman–Crippen MR) is 110 cm³/mol. The van der Waals surface area contributed by atoms with Crippen molar-refractivity contribution in [1.82, 2.24) is 25.1 Å². The van der Waals surface area contributed by atoms with Crippen molar-refractivity contribution in [3.8, 4) is 17.1 Å². The van der Waals surface area contributed by atoms with E-state index >= 15 is 0 Å². The van der Waals surface area contributed by atoms with Crippen LogP contribution in [0.1, 0.15) is 48.2 Å². The summed E-state index contributed by atoms with van der Waals surface area (Å²) in [4.78, 5) is 22.6. The lowest BCUT2D eigenvalue weighted by atomic mass is 10.0. The van der Waals surface area contributed by atoms with Gasteiger partial charge >= 0.3 is 0 Å². The van der Waals surface area contributed by atoms with Crippen molar-refractivity contribution in [2.24, 2.45) is 7.05 Å². The van der Waals surface area contributed by atoms with E-state index in [-0.39, 0.29) is 5.91 Å². The van der Waals surface area contributed by atoms with Gasteiger partial charge in [-0.15, -0.1) is 0 Å². The van der Waals surface area contributed by atoms with Gasteiger partial charge in [-0.2, -0.15) is 5.10 Å². The first-order chi connectivity index (χ1) is 14.0. The first kappa shape index (κ1) is 19.0. The van der Waals surface area contributed by atoms with Gasteiger partial charge in [-0.3, -0.25) is 9.48 Å². The highest BCUT2D eigenvalue weighted by molar-refractivity contribution is 6.00. The normalized spacial score (nSPS) is 15.9. The van der Waals surface area contributed by atoms with Crippen LogP contribution < -0.4 is 15.0 Å². The second kappa shape index (κ2) is 7.62. The van der Waals surface area contributed by atoms with E-state index in [4.69, 9.17) is 4.74 Å². The van der Waals surface area contributed by atoms with Gasteiger partial charge in [-0.1, -0.05) is 6.92 Å². The SMILES string of the molecule is CCCN1c2cn(C)nc2C(=O)[N]C1c1cc(-c2nc(C)c[nH]2)ccc1OCC. The molecule has 3 heterocycles. The third kappa shape index (κ3) is 3.46. The number of aryl methyl sites for hydroxylation is 2. The van der Waals surface area contributed by atoms with Gasteiger partial charge in [-0.05, 0) is 38.5 Å². The molecule has 29 heavy (non-hydrogen) atoms. The Bertz CT molecular complexity index is 1040. The molecular formula is C21H25N6O2. The number of carbonyl (C=O) groups excluding carboxylic acids is 1. The summed E-state index contributed by atoms with van der Waals surface area (Å²) in [5, 5.41) is 8.80. The number of anilines is 1.